The zero-order valence-electron chi connectivity index (χ0n) is 9.57. The summed E-state index contributed by atoms with van der Waals surface area (Å²) in [5, 5.41) is 3.61. The number of nitrogens with zero attached hydrogens (tertiary/aromatic N) is 2. The molecule has 2 rings (SSSR count). The minimum Gasteiger partial charge on any atom is -0.437 e. The maximum atomic E-state index is 5.94. The van der Waals surface area contributed by atoms with Crippen LogP contribution in [0.1, 0.15) is 5.56 Å². The molecule has 5 heteroatoms. The second kappa shape index (κ2) is 5.01. The summed E-state index contributed by atoms with van der Waals surface area (Å²) in [6.45, 7) is 1.92. The highest BCUT2D eigenvalue weighted by molar-refractivity contribution is 6.31. The summed E-state index contributed by atoms with van der Waals surface area (Å²) in [4.78, 5) is 8.23. The standard InChI is InChI=1S/C12H12ClN3O/c1-8-5-9(3-4-10(8)13)17-12-7-15-6-11(14-2)16-12/h3-7H,1-2H3,(H,14,16). The summed E-state index contributed by atoms with van der Waals surface area (Å²) >= 11 is 5.94. The van der Waals surface area contributed by atoms with E-state index in [1.165, 1.54) is 0 Å². The van der Waals surface area contributed by atoms with Gasteiger partial charge in [0.25, 0.3) is 0 Å². The Kier molecular flexibility index (Phi) is 3.44. The second-order valence-corrected chi connectivity index (χ2v) is 3.91. The van der Waals surface area contributed by atoms with Crippen LogP contribution in [-0.2, 0) is 0 Å². The maximum Gasteiger partial charge on any atom is 0.239 e. The van der Waals surface area contributed by atoms with Crippen molar-refractivity contribution >= 4 is 17.4 Å². The molecule has 0 bridgehead atoms. The van der Waals surface area contributed by atoms with Crippen LogP contribution >= 0.6 is 11.6 Å². The molecule has 4 nitrogen and oxygen atoms in total. The topological polar surface area (TPSA) is 47.0 Å². The normalized spacial score (nSPS) is 10.1. The summed E-state index contributed by atoms with van der Waals surface area (Å²) in [6, 6.07) is 5.45. The lowest BCUT2D eigenvalue weighted by Crippen LogP contribution is -1.95. The number of hydrogen-bond acceptors (Lipinski definition) is 4. The molecule has 0 aliphatic heterocycles. The maximum absolute atomic E-state index is 5.94. The SMILES string of the molecule is CNc1cncc(Oc2ccc(Cl)c(C)c2)n1. The van der Waals surface area contributed by atoms with Gasteiger partial charge in [0.05, 0.1) is 12.4 Å². The molecule has 1 heterocycles. The molecule has 1 N–H and O–H groups in total. The largest absolute Gasteiger partial charge is 0.437 e. The number of rotatable bonds is 3. The van der Waals surface area contributed by atoms with Gasteiger partial charge in [0, 0.05) is 12.1 Å². The molecule has 17 heavy (non-hydrogen) atoms. The second-order valence-electron chi connectivity index (χ2n) is 3.51. The average molecular weight is 250 g/mol. The molecule has 0 aliphatic rings. The van der Waals surface area contributed by atoms with E-state index in [-0.39, 0.29) is 0 Å². The summed E-state index contributed by atoms with van der Waals surface area (Å²) in [5.41, 5.74) is 0.960. The van der Waals surface area contributed by atoms with E-state index >= 15 is 0 Å². The van der Waals surface area contributed by atoms with Gasteiger partial charge in [-0.25, -0.2) is 0 Å². The monoisotopic (exact) mass is 249 g/mol. The van der Waals surface area contributed by atoms with Crippen LogP contribution in [0.4, 0.5) is 5.82 Å². The first kappa shape index (κ1) is 11.7. The predicted octanol–water partition coefficient (Wildman–Crippen LogP) is 3.27. The number of hydrogen-bond donors (Lipinski definition) is 1. The first-order valence-electron chi connectivity index (χ1n) is 5.13. The molecule has 0 aliphatic carbocycles. The Morgan fingerprint density at radius 1 is 1.29 bits per heavy atom. The van der Waals surface area contributed by atoms with Crippen LogP contribution in [0.15, 0.2) is 30.6 Å². The number of ether oxygens (including phenoxy) is 1. The van der Waals surface area contributed by atoms with E-state index in [4.69, 9.17) is 16.3 Å². The van der Waals surface area contributed by atoms with E-state index in [2.05, 4.69) is 15.3 Å². The van der Waals surface area contributed by atoms with Gasteiger partial charge in [-0.1, -0.05) is 11.6 Å². The van der Waals surface area contributed by atoms with Crippen molar-refractivity contribution in [3.8, 4) is 11.6 Å². The van der Waals surface area contributed by atoms with Crippen molar-refractivity contribution in [1.29, 1.82) is 0 Å². The highest BCUT2D eigenvalue weighted by Gasteiger charge is 2.02. The third-order valence-electron chi connectivity index (χ3n) is 2.22. The minimum absolute atomic E-state index is 0.443. The molecule has 0 unspecified atom stereocenters. The van der Waals surface area contributed by atoms with Gasteiger partial charge in [0.2, 0.25) is 5.88 Å². The van der Waals surface area contributed by atoms with Gasteiger partial charge in [-0.15, -0.1) is 0 Å². The Morgan fingerprint density at radius 2 is 2.12 bits per heavy atom. The number of aryl methyl sites for hydroxylation is 1. The molecule has 0 radical (unpaired) electrons. The van der Waals surface area contributed by atoms with Crippen LogP contribution in [0.25, 0.3) is 0 Å². The van der Waals surface area contributed by atoms with E-state index in [0.29, 0.717) is 22.5 Å². The Bertz CT molecular complexity index is 531. The van der Waals surface area contributed by atoms with Crippen LogP contribution in [0.2, 0.25) is 5.02 Å². The van der Waals surface area contributed by atoms with Crippen molar-refractivity contribution in [2.45, 2.75) is 6.92 Å². The molecule has 0 atom stereocenters. The summed E-state index contributed by atoms with van der Waals surface area (Å²) < 4.78 is 5.58. The lowest BCUT2D eigenvalue weighted by Gasteiger charge is -2.07. The molecule has 0 spiro atoms. The molecule has 2 aromatic rings. The van der Waals surface area contributed by atoms with Gasteiger partial charge in [-0.3, -0.25) is 4.98 Å². The van der Waals surface area contributed by atoms with E-state index in [0.717, 1.165) is 5.56 Å². The number of aromatic nitrogens is 2. The fourth-order valence-electron chi connectivity index (χ4n) is 1.32. The third kappa shape index (κ3) is 2.85. The van der Waals surface area contributed by atoms with Gasteiger partial charge in [0.15, 0.2) is 0 Å². The quantitative estimate of drug-likeness (QED) is 0.907. The molecule has 88 valence electrons. The van der Waals surface area contributed by atoms with Gasteiger partial charge < -0.3 is 10.1 Å². The zero-order chi connectivity index (χ0) is 12.3. The van der Waals surface area contributed by atoms with Crippen molar-refractivity contribution in [3.63, 3.8) is 0 Å². The molecule has 1 aromatic carbocycles. The lowest BCUT2D eigenvalue weighted by atomic mass is 10.2. The predicted molar refractivity (Wildman–Crippen MR) is 67.8 cm³/mol. The van der Waals surface area contributed by atoms with Crippen molar-refractivity contribution in [2.24, 2.45) is 0 Å². The average Bonchev–Trinajstić information content (AvgIpc) is 2.34. The number of anilines is 1. The highest BCUT2D eigenvalue weighted by atomic mass is 35.5. The fraction of sp³-hybridized carbons (Fsp3) is 0.167. The van der Waals surface area contributed by atoms with Crippen molar-refractivity contribution in [2.75, 3.05) is 12.4 Å². The molecular weight excluding hydrogens is 238 g/mol. The summed E-state index contributed by atoms with van der Waals surface area (Å²) in [5.74, 6) is 1.79. The summed E-state index contributed by atoms with van der Waals surface area (Å²) in [7, 11) is 1.78. The molecule has 0 saturated heterocycles. The fourth-order valence-corrected chi connectivity index (χ4v) is 1.44. The summed E-state index contributed by atoms with van der Waals surface area (Å²) in [6.07, 6.45) is 3.19. The van der Waals surface area contributed by atoms with Crippen LogP contribution < -0.4 is 10.1 Å². The van der Waals surface area contributed by atoms with Crippen molar-refractivity contribution < 1.29 is 4.74 Å². The molecule has 0 amide bonds. The number of benzene rings is 1. The Balaban J connectivity index is 2.22. The van der Waals surface area contributed by atoms with Crippen molar-refractivity contribution in [1.82, 2.24) is 9.97 Å². The number of nitrogens with one attached hydrogen (secondary N) is 1. The van der Waals surface area contributed by atoms with Gasteiger partial charge in [-0.05, 0) is 30.7 Å². The first-order chi connectivity index (χ1) is 8.19. The van der Waals surface area contributed by atoms with Crippen LogP contribution in [0.5, 0.6) is 11.6 Å². The minimum atomic E-state index is 0.443. The van der Waals surface area contributed by atoms with Gasteiger partial charge >= 0.3 is 0 Å². The van der Waals surface area contributed by atoms with Crippen LogP contribution in [0.3, 0.4) is 0 Å². The Morgan fingerprint density at radius 3 is 2.82 bits per heavy atom. The molecular formula is C12H12ClN3O. The highest BCUT2D eigenvalue weighted by Crippen LogP contribution is 2.24. The first-order valence-corrected chi connectivity index (χ1v) is 5.50. The van der Waals surface area contributed by atoms with Gasteiger partial charge in [-0.2, -0.15) is 4.98 Å². The molecule has 0 fully saturated rings. The van der Waals surface area contributed by atoms with Crippen LogP contribution in [0, 0.1) is 6.92 Å². The van der Waals surface area contributed by atoms with E-state index in [1.54, 1.807) is 31.6 Å². The van der Waals surface area contributed by atoms with Crippen molar-refractivity contribution in [3.05, 3.63) is 41.2 Å². The molecule has 0 saturated carbocycles. The lowest BCUT2D eigenvalue weighted by molar-refractivity contribution is 0.460. The molecule has 1 aromatic heterocycles. The number of halogens is 1. The third-order valence-corrected chi connectivity index (χ3v) is 2.64. The van der Waals surface area contributed by atoms with Crippen LogP contribution in [-0.4, -0.2) is 17.0 Å². The van der Waals surface area contributed by atoms with Gasteiger partial charge in [0.1, 0.15) is 11.6 Å². The van der Waals surface area contributed by atoms with E-state index in [1.807, 2.05) is 13.0 Å². The van der Waals surface area contributed by atoms with E-state index in [9.17, 15) is 0 Å². The Labute approximate surface area is 105 Å². The Hall–Kier alpha value is -1.81. The zero-order valence-corrected chi connectivity index (χ0v) is 10.3. The van der Waals surface area contributed by atoms with E-state index < -0.39 is 0 Å². The smallest absolute Gasteiger partial charge is 0.239 e.